The van der Waals surface area contributed by atoms with Gasteiger partial charge >= 0.3 is 0 Å². The zero-order valence-corrected chi connectivity index (χ0v) is 12.2. The summed E-state index contributed by atoms with van der Waals surface area (Å²) >= 11 is 5.24. The van der Waals surface area contributed by atoms with Crippen molar-refractivity contribution >= 4 is 23.2 Å². The van der Waals surface area contributed by atoms with Crippen molar-refractivity contribution in [3.63, 3.8) is 0 Å². The summed E-state index contributed by atoms with van der Waals surface area (Å²) in [4.78, 5) is 14.1. The lowest BCUT2D eigenvalue weighted by molar-refractivity contribution is 0.0669. The van der Waals surface area contributed by atoms with Gasteiger partial charge in [0.25, 0.3) is 5.91 Å². The van der Waals surface area contributed by atoms with Gasteiger partial charge in [-0.05, 0) is 37.3 Å². The number of thiocarbonyl (C=S) groups is 1. The molecule has 1 aromatic rings. The smallest absolute Gasteiger partial charge is 0.257 e. The van der Waals surface area contributed by atoms with Crippen molar-refractivity contribution in [2.24, 2.45) is 0 Å². The highest BCUT2D eigenvalue weighted by molar-refractivity contribution is 7.80. The molecule has 6 heteroatoms. The molecule has 0 aromatic heterocycles. The molecule has 1 aliphatic rings. The summed E-state index contributed by atoms with van der Waals surface area (Å²) in [5, 5.41) is 3.19. The molecule has 0 spiro atoms. The average molecular weight is 294 g/mol. The Morgan fingerprint density at radius 3 is 2.90 bits per heavy atom. The number of nitrogens with zero attached hydrogens (tertiary/aromatic N) is 1. The monoisotopic (exact) mass is 294 g/mol. The van der Waals surface area contributed by atoms with Gasteiger partial charge in [-0.15, -0.1) is 0 Å². The van der Waals surface area contributed by atoms with Crippen molar-refractivity contribution < 1.29 is 14.3 Å². The van der Waals surface area contributed by atoms with Gasteiger partial charge in [0.1, 0.15) is 5.75 Å². The highest BCUT2D eigenvalue weighted by atomic mass is 32.1. The van der Waals surface area contributed by atoms with Crippen molar-refractivity contribution in [2.45, 2.75) is 6.92 Å². The van der Waals surface area contributed by atoms with E-state index in [0.717, 1.165) is 0 Å². The molecule has 108 valence electrons. The van der Waals surface area contributed by atoms with E-state index in [1.165, 1.54) is 0 Å². The Hall–Kier alpha value is -1.66. The highest BCUT2D eigenvalue weighted by Gasteiger charge is 2.16. The van der Waals surface area contributed by atoms with Crippen molar-refractivity contribution in [1.82, 2.24) is 10.2 Å². The van der Waals surface area contributed by atoms with E-state index in [4.69, 9.17) is 21.7 Å². The molecule has 1 heterocycles. The first-order valence-corrected chi connectivity index (χ1v) is 7.02. The molecule has 1 aliphatic heterocycles. The minimum absolute atomic E-state index is 0.219. The van der Waals surface area contributed by atoms with Crippen LogP contribution in [-0.2, 0) is 4.74 Å². The summed E-state index contributed by atoms with van der Waals surface area (Å²) < 4.78 is 10.6. The van der Waals surface area contributed by atoms with Crippen molar-refractivity contribution in [1.29, 1.82) is 0 Å². The van der Waals surface area contributed by atoms with E-state index in [0.29, 0.717) is 49.3 Å². The maximum atomic E-state index is 12.1. The second kappa shape index (κ2) is 7.21. The Labute approximate surface area is 123 Å². The second-order valence-electron chi connectivity index (χ2n) is 4.32. The molecule has 1 fully saturated rings. The molecule has 1 saturated heterocycles. The van der Waals surface area contributed by atoms with Crippen LogP contribution >= 0.6 is 12.2 Å². The van der Waals surface area contributed by atoms with E-state index >= 15 is 0 Å². The van der Waals surface area contributed by atoms with Crippen LogP contribution in [-0.4, -0.2) is 48.8 Å². The third-order valence-electron chi connectivity index (χ3n) is 2.93. The van der Waals surface area contributed by atoms with Gasteiger partial charge in [0, 0.05) is 18.7 Å². The standard InChI is InChI=1S/C14H18N2O3S/c1-2-19-12-5-3-4-11(10-12)13(17)15-14(20)16-6-8-18-9-7-16/h3-5,10H,2,6-9H2,1H3,(H,15,17,20). The highest BCUT2D eigenvalue weighted by Crippen LogP contribution is 2.13. The molecular formula is C14H18N2O3S. The molecule has 0 bridgehead atoms. The van der Waals surface area contributed by atoms with Gasteiger partial charge in [0.2, 0.25) is 0 Å². The van der Waals surface area contributed by atoms with E-state index in [2.05, 4.69) is 5.32 Å². The van der Waals surface area contributed by atoms with E-state index in [-0.39, 0.29) is 5.91 Å². The molecular weight excluding hydrogens is 276 g/mol. The maximum Gasteiger partial charge on any atom is 0.257 e. The topological polar surface area (TPSA) is 50.8 Å². The van der Waals surface area contributed by atoms with Crippen LogP contribution in [0.3, 0.4) is 0 Å². The van der Waals surface area contributed by atoms with E-state index in [1.54, 1.807) is 18.2 Å². The number of carbonyl (C=O) groups is 1. The van der Waals surface area contributed by atoms with Crippen LogP contribution in [0.1, 0.15) is 17.3 Å². The van der Waals surface area contributed by atoms with Crippen LogP contribution in [0.2, 0.25) is 0 Å². The summed E-state index contributed by atoms with van der Waals surface area (Å²) in [6.07, 6.45) is 0. The van der Waals surface area contributed by atoms with Crippen molar-refractivity contribution in [3.05, 3.63) is 29.8 Å². The fraction of sp³-hybridized carbons (Fsp3) is 0.429. The number of morpholine rings is 1. The second-order valence-corrected chi connectivity index (χ2v) is 4.71. The summed E-state index contributed by atoms with van der Waals surface area (Å²) in [6, 6.07) is 7.05. The lowest BCUT2D eigenvalue weighted by Gasteiger charge is -2.28. The number of amides is 1. The Kier molecular flexibility index (Phi) is 5.31. The fourth-order valence-corrected chi connectivity index (χ4v) is 2.18. The molecule has 5 nitrogen and oxygen atoms in total. The summed E-state index contributed by atoms with van der Waals surface area (Å²) in [5.41, 5.74) is 0.534. The molecule has 0 unspecified atom stereocenters. The lowest BCUT2D eigenvalue weighted by Crippen LogP contribution is -2.47. The van der Waals surface area contributed by atoms with Gasteiger partial charge < -0.3 is 14.4 Å². The summed E-state index contributed by atoms with van der Waals surface area (Å²) in [7, 11) is 0. The first-order valence-electron chi connectivity index (χ1n) is 6.61. The molecule has 0 atom stereocenters. The molecule has 0 aliphatic carbocycles. The molecule has 0 saturated carbocycles. The zero-order chi connectivity index (χ0) is 14.4. The quantitative estimate of drug-likeness (QED) is 0.855. The van der Waals surface area contributed by atoms with Crippen molar-refractivity contribution in [2.75, 3.05) is 32.9 Å². The molecule has 1 amide bonds. The number of hydrogen-bond donors (Lipinski definition) is 1. The lowest BCUT2D eigenvalue weighted by atomic mass is 10.2. The normalized spacial score (nSPS) is 14.8. The molecule has 1 aromatic carbocycles. The first kappa shape index (κ1) is 14.7. The Bertz CT molecular complexity index is 487. The third kappa shape index (κ3) is 3.91. The first-order chi connectivity index (χ1) is 9.70. The third-order valence-corrected chi connectivity index (χ3v) is 3.29. The van der Waals surface area contributed by atoms with Crippen LogP contribution in [0, 0.1) is 0 Å². The van der Waals surface area contributed by atoms with E-state index in [1.807, 2.05) is 17.9 Å². The SMILES string of the molecule is CCOc1cccc(C(=O)NC(=S)N2CCOCC2)c1. The summed E-state index contributed by atoms with van der Waals surface area (Å²) in [5.74, 6) is 0.459. The van der Waals surface area contributed by atoms with Gasteiger partial charge in [-0.2, -0.15) is 0 Å². The number of benzene rings is 1. The Morgan fingerprint density at radius 2 is 2.20 bits per heavy atom. The largest absolute Gasteiger partial charge is 0.494 e. The maximum absolute atomic E-state index is 12.1. The fourth-order valence-electron chi connectivity index (χ4n) is 1.91. The van der Waals surface area contributed by atoms with Crippen LogP contribution in [0.4, 0.5) is 0 Å². The van der Waals surface area contributed by atoms with Gasteiger partial charge in [-0.1, -0.05) is 6.07 Å². The minimum Gasteiger partial charge on any atom is -0.494 e. The van der Waals surface area contributed by atoms with Crippen LogP contribution < -0.4 is 10.1 Å². The van der Waals surface area contributed by atoms with Crippen LogP contribution in [0.15, 0.2) is 24.3 Å². The average Bonchev–Trinajstić information content (AvgIpc) is 2.48. The number of nitrogens with one attached hydrogen (secondary N) is 1. The zero-order valence-electron chi connectivity index (χ0n) is 11.4. The van der Waals surface area contributed by atoms with Crippen LogP contribution in [0.25, 0.3) is 0 Å². The van der Waals surface area contributed by atoms with Gasteiger partial charge in [0.15, 0.2) is 5.11 Å². The Morgan fingerprint density at radius 1 is 1.45 bits per heavy atom. The molecule has 20 heavy (non-hydrogen) atoms. The molecule has 0 radical (unpaired) electrons. The van der Waals surface area contributed by atoms with Gasteiger partial charge in [-0.25, -0.2) is 0 Å². The minimum atomic E-state index is -0.219. The predicted octanol–water partition coefficient (Wildman–Crippen LogP) is 1.43. The number of carbonyl (C=O) groups excluding carboxylic acids is 1. The number of ether oxygens (including phenoxy) is 2. The summed E-state index contributed by atoms with van der Waals surface area (Å²) in [6.45, 7) is 5.15. The predicted molar refractivity (Wildman–Crippen MR) is 80.1 cm³/mol. The molecule has 2 rings (SSSR count). The van der Waals surface area contributed by atoms with E-state index < -0.39 is 0 Å². The van der Waals surface area contributed by atoms with E-state index in [9.17, 15) is 4.79 Å². The van der Waals surface area contributed by atoms with Gasteiger partial charge in [0.05, 0.1) is 19.8 Å². The number of hydrogen-bond acceptors (Lipinski definition) is 4. The van der Waals surface area contributed by atoms with Gasteiger partial charge in [-0.3, -0.25) is 10.1 Å². The molecule has 1 N–H and O–H groups in total. The number of rotatable bonds is 3. The van der Waals surface area contributed by atoms with Crippen LogP contribution in [0.5, 0.6) is 5.75 Å². The van der Waals surface area contributed by atoms with Crippen molar-refractivity contribution in [3.8, 4) is 5.75 Å². The Balaban J connectivity index is 1.96.